The highest BCUT2D eigenvalue weighted by Crippen LogP contribution is 2.34. The number of nitrogens with two attached hydrogens (primary N) is 1. The number of aromatic nitrogens is 2. The molecule has 0 bridgehead atoms. The first-order chi connectivity index (χ1) is 8.29. The van der Waals surface area contributed by atoms with Crippen LogP contribution in [0.5, 0.6) is 0 Å². The van der Waals surface area contributed by atoms with Crippen molar-refractivity contribution in [2.24, 2.45) is 5.73 Å². The summed E-state index contributed by atoms with van der Waals surface area (Å²) in [7, 11) is 0. The minimum Gasteiger partial charge on any atom is -0.335 e. The van der Waals surface area contributed by atoms with Crippen LogP contribution in [0.1, 0.15) is 5.69 Å². The number of thiophene rings is 1. The summed E-state index contributed by atoms with van der Waals surface area (Å²) in [6.07, 6.45) is 0. The molecule has 3 aromatic rings. The fourth-order valence-electron chi connectivity index (χ4n) is 1.91. The maximum absolute atomic E-state index is 5.73. The summed E-state index contributed by atoms with van der Waals surface area (Å²) < 4.78 is 1.99. The van der Waals surface area contributed by atoms with Crippen molar-refractivity contribution in [2.45, 2.75) is 6.54 Å². The predicted octanol–water partition coefficient (Wildman–Crippen LogP) is 3.51. The highest BCUT2D eigenvalue weighted by Gasteiger charge is 2.13. The second-order valence-electron chi connectivity index (χ2n) is 3.70. The summed E-state index contributed by atoms with van der Waals surface area (Å²) in [5.41, 5.74) is 8.77. The zero-order chi connectivity index (χ0) is 11.8. The Morgan fingerprint density at radius 3 is 3.00 bits per heavy atom. The van der Waals surface area contributed by atoms with Gasteiger partial charge in [0.1, 0.15) is 0 Å². The molecule has 3 nitrogen and oxygen atoms in total. The van der Waals surface area contributed by atoms with Gasteiger partial charge in [-0.25, -0.2) is 4.98 Å². The van der Waals surface area contributed by atoms with Crippen molar-refractivity contribution in [3.8, 4) is 11.3 Å². The topological polar surface area (TPSA) is 54.7 Å². The average Bonchev–Trinajstić information content (AvgIpc) is 2.91. The van der Waals surface area contributed by atoms with Crippen LogP contribution in [0.4, 0.5) is 0 Å². The van der Waals surface area contributed by atoms with E-state index in [2.05, 4.69) is 43.4 Å². The van der Waals surface area contributed by atoms with E-state index in [1.807, 2.05) is 12.1 Å². The van der Waals surface area contributed by atoms with Gasteiger partial charge in [0.15, 0.2) is 4.73 Å². The molecule has 17 heavy (non-hydrogen) atoms. The van der Waals surface area contributed by atoms with E-state index >= 15 is 0 Å². The standard InChI is InChI=1S/C12H10BrN3S/c13-12-15-9(5-14)11(16-12)8-6-17-10-4-2-1-3-7(8)10/h1-4,6H,5,14H2,(H,15,16). The lowest BCUT2D eigenvalue weighted by Gasteiger charge is -1.98. The molecule has 3 N–H and O–H groups in total. The number of fused-ring (bicyclic) bond motifs is 1. The van der Waals surface area contributed by atoms with Crippen molar-refractivity contribution in [3.05, 3.63) is 40.1 Å². The van der Waals surface area contributed by atoms with Crippen LogP contribution in [-0.2, 0) is 6.54 Å². The number of benzene rings is 1. The number of rotatable bonds is 2. The molecule has 0 aliphatic heterocycles. The van der Waals surface area contributed by atoms with E-state index in [4.69, 9.17) is 5.73 Å². The van der Waals surface area contributed by atoms with Crippen LogP contribution in [0, 0.1) is 0 Å². The average molecular weight is 308 g/mol. The minimum absolute atomic E-state index is 0.456. The van der Waals surface area contributed by atoms with Gasteiger partial charge in [0.05, 0.1) is 11.4 Å². The molecule has 0 saturated heterocycles. The van der Waals surface area contributed by atoms with Gasteiger partial charge in [-0.2, -0.15) is 0 Å². The van der Waals surface area contributed by atoms with Crippen LogP contribution in [0.2, 0.25) is 0 Å². The number of halogens is 1. The van der Waals surface area contributed by atoms with E-state index in [0.717, 1.165) is 21.7 Å². The number of nitrogens with one attached hydrogen (secondary N) is 1. The molecule has 5 heteroatoms. The van der Waals surface area contributed by atoms with Crippen molar-refractivity contribution in [3.63, 3.8) is 0 Å². The van der Waals surface area contributed by atoms with Gasteiger partial charge < -0.3 is 10.7 Å². The second-order valence-corrected chi connectivity index (χ2v) is 5.37. The Kier molecular flexibility index (Phi) is 2.74. The molecular formula is C12H10BrN3S. The lowest BCUT2D eigenvalue weighted by molar-refractivity contribution is 1.01. The summed E-state index contributed by atoms with van der Waals surface area (Å²) in [6.45, 7) is 0.456. The third kappa shape index (κ3) is 1.80. The lowest BCUT2D eigenvalue weighted by Crippen LogP contribution is -1.98. The third-order valence-electron chi connectivity index (χ3n) is 2.69. The fourth-order valence-corrected chi connectivity index (χ4v) is 3.27. The Hall–Kier alpha value is -1.17. The number of aromatic amines is 1. The van der Waals surface area contributed by atoms with Gasteiger partial charge in [-0.1, -0.05) is 18.2 Å². The molecule has 0 atom stereocenters. The van der Waals surface area contributed by atoms with Gasteiger partial charge in [0, 0.05) is 27.6 Å². The molecule has 0 aliphatic rings. The van der Waals surface area contributed by atoms with Gasteiger partial charge in [-0.15, -0.1) is 11.3 Å². The summed E-state index contributed by atoms with van der Waals surface area (Å²) in [6, 6.07) is 8.33. The molecule has 86 valence electrons. The maximum Gasteiger partial charge on any atom is 0.175 e. The SMILES string of the molecule is NCc1[nH]c(Br)nc1-c1csc2ccccc12. The zero-order valence-electron chi connectivity index (χ0n) is 8.90. The minimum atomic E-state index is 0.456. The second kappa shape index (κ2) is 4.25. The van der Waals surface area contributed by atoms with E-state index in [9.17, 15) is 0 Å². The Balaban J connectivity index is 2.26. The van der Waals surface area contributed by atoms with Gasteiger partial charge >= 0.3 is 0 Å². The molecule has 0 radical (unpaired) electrons. The largest absolute Gasteiger partial charge is 0.335 e. The van der Waals surface area contributed by atoms with E-state index < -0.39 is 0 Å². The van der Waals surface area contributed by atoms with Gasteiger partial charge in [0.25, 0.3) is 0 Å². The number of imidazole rings is 1. The molecule has 2 heterocycles. The Bertz CT molecular complexity index is 671. The molecule has 0 fully saturated rings. The van der Waals surface area contributed by atoms with E-state index in [1.165, 1.54) is 10.1 Å². The van der Waals surface area contributed by atoms with Crippen LogP contribution in [0.15, 0.2) is 34.4 Å². The molecule has 0 spiro atoms. The smallest absolute Gasteiger partial charge is 0.175 e. The van der Waals surface area contributed by atoms with Crippen LogP contribution < -0.4 is 5.73 Å². The van der Waals surface area contributed by atoms with E-state index in [0.29, 0.717) is 6.54 Å². The highest BCUT2D eigenvalue weighted by atomic mass is 79.9. The summed E-state index contributed by atoms with van der Waals surface area (Å²) in [4.78, 5) is 7.59. The molecule has 2 aromatic heterocycles. The Labute approximate surface area is 111 Å². The summed E-state index contributed by atoms with van der Waals surface area (Å²) in [5.74, 6) is 0. The maximum atomic E-state index is 5.73. The first-order valence-corrected chi connectivity index (χ1v) is 6.88. The van der Waals surface area contributed by atoms with Crippen molar-refractivity contribution >= 4 is 37.4 Å². The van der Waals surface area contributed by atoms with E-state index in [1.54, 1.807) is 11.3 Å². The van der Waals surface area contributed by atoms with Crippen LogP contribution in [-0.4, -0.2) is 9.97 Å². The molecular weight excluding hydrogens is 298 g/mol. The summed E-state index contributed by atoms with van der Waals surface area (Å²) in [5, 5.41) is 3.36. The summed E-state index contributed by atoms with van der Waals surface area (Å²) >= 11 is 5.08. The fraction of sp³-hybridized carbons (Fsp3) is 0.0833. The molecule has 0 saturated carbocycles. The molecule has 1 aromatic carbocycles. The van der Waals surface area contributed by atoms with Crippen LogP contribution in [0.25, 0.3) is 21.3 Å². The number of nitrogens with zero attached hydrogens (tertiary/aromatic N) is 1. The van der Waals surface area contributed by atoms with Gasteiger partial charge in [-0.05, 0) is 22.0 Å². The zero-order valence-corrected chi connectivity index (χ0v) is 11.3. The number of hydrogen-bond donors (Lipinski definition) is 2. The Morgan fingerprint density at radius 2 is 2.18 bits per heavy atom. The van der Waals surface area contributed by atoms with Crippen molar-refractivity contribution in [1.29, 1.82) is 0 Å². The lowest BCUT2D eigenvalue weighted by atomic mass is 10.1. The third-order valence-corrected chi connectivity index (χ3v) is 4.03. The normalized spacial score (nSPS) is 11.2. The molecule has 3 rings (SSSR count). The molecule has 0 unspecified atom stereocenters. The number of hydrogen-bond acceptors (Lipinski definition) is 3. The van der Waals surface area contributed by atoms with Crippen LogP contribution in [0.3, 0.4) is 0 Å². The quantitative estimate of drug-likeness (QED) is 0.761. The van der Waals surface area contributed by atoms with Crippen molar-refractivity contribution in [1.82, 2.24) is 9.97 Å². The molecule has 0 amide bonds. The highest BCUT2D eigenvalue weighted by molar-refractivity contribution is 9.10. The van der Waals surface area contributed by atoms with Crippen molar-refractivity contribution in [2.75, 3.05) is 0 Å². The first-order valence-electron chi connectivity index (χ1n) is 5.20. The Morgan fingerprint density at radius 1 is 1.35 bits per heavy atom. The van der Waals surface area contributed by atoms with Crippen LogP contribution >= 0.6 is 27.3 Å². The molecule has 0 aliphatic carbocycles. The van der Waals surface area contributed by atoms with Gasteiger partial charge in [-0.3, -0.25) is 0 Å². The number of H-pyrrole nitrogens is 1. The first kappa shape index (κ1) is 11.0. The predicted molar refractivity (Wildman–Crippen MR) is 75.0 cm³/mol. The van der Waals surface area contributed by atoms with Crippen molar-refractivity contribution < 1.29 is 0 Å². The van der Waals surface area contributed by atoms with E-state index in [-0.39, 0.29) is 0 Å². The monoisotopic (exact) mass is 307 g/mol. The van der Waals surface area contributed by atoms with Gasteiger partial charge in [0.2, 0.25) is 0 Å².